The van der Waals surface area contributed by atoms with Crippen molar-refractivity contribution in [1.82, 2.24) is 4.90 Å². The number of carbonyl (C=O) groups is 1. The molecule has 1 aliphatic rings. The monoisotopic (exact) mass is 173 g/mol. The van der Waals surface area contributed by atoms with Crippen molar-refractivity contribution in [2.75, 3.05) is 6.54 Å². The molecule has 2 unspecified atom stereocenters. The summed E-state index contributed by atoms with van der Waals surface area (Å²) in [7, 11) is 0. The lowest BCUT2D eigenvalue weighted by atomic mass is 10.0. The van der Waals surface area contributed by atoms with Crippen LogP contribution < -0.4 is 0 Å². The number of piperidine rings is 1. The van der Waals surface area contributed by atoms with E-state index in [0.717, 1.165) is 12.8 Å². The highest BCUT2D eigenvalue weighted by Crippen LogP contribution is 2.18. The predicted molar refractivity (Wildman–Crippen MR) is 43.7 cm³/mol. The van der Waals surface area contributed by atoms with Crippen LogP contribution in [-0.4, -0.2) is 39.9 Å². The molecule has 0 amide bonds. The molecule has 4 heteroatoms. The number of aliphatic hydroxyl groups excluding tert-OH is 1. The fraction of sp³-hybridized carbons (Fsp3) is 0.875. The van der Waals surface area contributed by atoms with Crippen LogP contribution in [0, 0.1) is 0 Å². The van der Waals surface area contributed by atoms with Crippen LogP contribution in [0.25, 0.3) is 0 Å². The molecular weight excluding hydrogens is 158 g/mol. The van der Waals surface area contributed by atoms with Crippen LogP contribution in [0.15, 0.2) is 0 Å². The fourth-order valence-electron chi connectivity index (χ4n) is 1.67. The van der Waals surface area contributed by atoms with Crippen LogP contribution in [0.4, 0.5) is 0 Å². The van der Waals surface area contributed by atoms with Gasteiger partial charge >= 0.3 is 5.97 Å². The Morgan fingerprint density at radius 1 is 1.58 bits per heavy atom. The van der Waals surface area contributed by atoms with E-state index in [-0.39, 0.29) is 0 Å². The Morgan fingerprint density at radius 3 is 2.67 bits per heavy atom. The van der Waals surface area contributed by atoms with Crippen LogP contribution in [0.1, 0.15) is 26.2 Å². The van der Waals surface area contributed by atoms with Crippen LogP contribution >= 0.6 is 0 Å². The van der Waals surface area contributed by atoms with Crippen molar-refractivity contribution >= 4 is 5.97 Å². The van der Waals surface area contributed by atoms with Crippen molar-refractivity contribution in [3.8, 4) is 0 Å². The largest absolute Gasteiger partial charge is 0.480 e. The maximum absolute atomic E-state index is 10.7. The number of carboxylic acids is 1. The Labute approximate surface area is 71.8 Å². The molecule has 1 heterocycles. The molecule has 2 atom stereocenters. The summed E-state index contributed by atoms with van der Waals surface area (Å²) < 4.78 is 0. The first-order valence-electron chi connectivity index (χ1n) is 4.29. The third-order valence-corrected chi connectivity index (χ3v) is 2.31. The highest BCUT2D eigenvalue weighted by Gasteiger charge is 2.30. The second kappa shape index (κ2) is 3.87. The van der Waals surface area contributed by atoms with Gasteiger partial charge in [0.25, 0.3) is 0 Å². The average Bonchev–Trinajstić information content (AvgIpc) is 2.04. The molecule has 1 saturated heterocycles. The molecule has 12 heavy (non-hydrogen) atoms. The topological polar surface area (TPSA) is 60.8 Å². The minimum atomic E-state index is -0.824. The fourth-order valence-corrected chi connectivity index (χ4v) is 1.67. The minimum absolute atomic E-state index is 0.487. The summed E-state index contributed by atoms with van der Waals surface area (Å²) >= 11 is 0. The van der Waals surface area contributed by atoms with Crippen molar-refractivity contribution in [3.63, 3.8) is 0 Å². The van der Waals surface area contributed by atoms with Crippen LogP contribution in [0.5, 0.6) is 0 Å². The van der Waals surface area contributed by atoms with E-state index in [2.05, 4.69) is 0 Å². The molecule has 0 radical (unpaired) electrons. The van der Waals surface area contributed by atoms with E-state index in [1.165, 1.54) is 0 Å². The number of carboxylic acid groups (broad SMARTS) is 1. The van der Waals surface area contributed by atoms with E-state index < -0.39 is 18.2 Å². The minimum Gasteiger partial charge on any atom is -0.480 e. The van der Waals surface area contributed by atoms with E-state index in [1.54, 1.807) is 11.8 Å². The summed E-state index contributed by atoms with van der Waals surface area (Å²) in [5, 5.41) is 18.1. The molecule has 0 aliphatic carbocycles. The van der Waals surface area contributed by atoms with Gasteiger partial charge < -0.3 is 10.2 Å². The predicted octanol–water partition coefficient (Wildman–Crippen LogP) is 0.264. The molecule has 1 aliphatic heterocycles. The lowest BCUT2D eigenvalue weighted by Crippen LogP contribution is -2.49. The lowest BCUT2D eigenvalue weighted by molar-refractivity contribution is -0.150. The van der Waals surface area contributed by atoms with E-state index in [9.17, 15) is 9.90 Å². The molecule has 0 aromatic heterocycles. The first-order valence-corrected chi connectivity index (χ1v) is 4.29. The molecule has 0 aromatic carbocycles. The average molecular weight is 173 g/mol. The van der Waals surface area contributed by atoms with Crippen molar-refractivity contribution < 1.29 is 15.0 Å². The van der Waals surface area contributed by atoms with Gasteiger partial charge in [0.1, 0.15) is 12.3 Å². The third kappa shape index (κ3) is 1.95. The van der Waals surface area contributed by atoms with Gasteiger partial charge in [0.2, 0.25) is 0 Å². The van der Waals surface area contributed by atoms with Gasteiger partial charge in [-0.2, -0.15) is 0 Å². The first kappa shape index (κ1) is 9.48. The maximum Gasteiger partial charge on any atom is 0.320 e. The highest BCUT2D eigenvalue weighted by atomic mass is 16.4. The summed E-state index contributed by atoms with van der Waals surface area (Å²) in [6.07, 6.45) is 1.93. The van der Waals surface area contributed by atoms with Crippen LogP contribution in [-0.2, 0) is 4.79 Å². The Bertz CT molecular complexity index is 170. The molecule has 2 N–H and O–H groups in total. The smallest absolute Gasteiger partial charge is 0.320 e. The first-order chi connectivity index (χ1) is 5.63. The molecular formula is C8H15NO3. The lowest BCUT2D eigenvalue weighted by Gasteiger charge is -2.34. The molecule has 4 nitrogen and oxygen atoms in total. The van der Waals surface area contributed by atoms with Crippen LogP contribution in [0.2, 0.25) is 0 Å². The zero-order chi connectivity index (χ0) is 9.14. The van der Waals surface area contributed by atoms with Crippen LogP contribution in [0.3, 0.4) is 0 Å². The van der Waals surface area contributed by atoms with Gasteiger partial charge in [0.05, 0.1) is 0 Å². The number of aliphatic hydroxyl groups is 1. The van der Waals surface area contributed by atoms with Crippen molar-refractivity contribution in [2.45, 2.75) is 38.5 Å². The van der Waals surface area contributed by atoms with E-state index >= 15 is 0 Å². The van der Waals surface area contributed by atoms with E-state index in [1.807, 2.05) is 0 Å². The Kier molecular flexibility index (Phi) is 3.05. The number of hydrogen-bond donors (Lipinski definition) is 2. The summed E-state index contributed by atoms with van der Waals surface area (Å²) in [6, 6.07) is -0.487. The van der Waals surface area contributed by atoms with Gasteiger partial charge in [-0.3, -0.25) is 9.69 Å². The standard InChI is InChI=1S/C8H15NO3/c1-6(10)9-5-3-2-4-7(9)8(11)12/h6-7,10H,2-5H2,1H3,(H,11,12). The number of aliphatic carboxylic acids is 1. The van der Waals surface area contributed by atoms with Gasteiger partial charge in [-0.15, -0.1) is 0 Å². The second-order valence-corrected chi connectivity index (χ2v) is 3.22. The van der Waals surface area contributed by atoms with Crippen molar-refractivity contribution in [1.29, 1.82) is 0 Å². The molecule has 70 valence electrons. The number of nitrogens with zero attached hydrogens (tertiary/aromatic N) is 1. The summed E-state index contributed by atoms with van der Waals surface area (Å²) in [5.41, 5.74) is 0. The second-order valence-electron chi connectivity index (χ2n) is 3.22. The van der Waals surface area contributed by atoms with Gasteiger partial charge in [-0.05, 0) is 19.8 Å². The molecule has 0 bridgehead atoms. The molecule has 1 fully saturated rings. The van der Waals surface area contributed by atoms with Crippen molar-refractivity contribution in [3.05, 3.63) is 0 Å². The summed E-state index contributed by atoms with van der Waals surface area (Å²) in [5.74, 6) is -0.824. The highest BCUT2D eigenvalue weighted by molar-refractivity contribution is 5.73. The van der Waals surface area contributed by atoms with E-state index in [0.29, 0.717) is 13.0 Å². The van der Waals surface area contributed by atoms with Crippen molar-refractivity contribution in [2.24, 2.45) is 0 Å². The number of rotatable bonds is 2. The van der Waals surface area contributed by atoms with Gasteiger partial charge in [-0.1, -0.05) is 6.42 Å². The van der Waals surface area contributed by atoms with Gasteiger partial charge in [0.15, 0.2) is 0 Å². The summed E-state index contributed by atoms with van der Waals surface area (Å²) in [4.78, 5) is 12.3. The third-order valence-electron chi connectivity index (χ3n) is 2.31. The Morgan fingerprint density at radius 2 is 2.25 bits per heavy atom. The quantitative estimate of drug-likeness (QED) is 0.629. The molecule has 0 saturated carbocycles. The molecule has 0 aromatic rings. The SMILES string of the molecule is CC(O)N1CCCCC1C(=O)O. The molecule has 1 rings (SSSR count). The number of likely N-dealkylation sites (tertiary alicyclic amines) is 1. The number of hydrogen-bond acceptors (Lipinski definition) is 3. The zero-order valence-corrected chi connectivity index (χ0v) is 7.23. The normalized spacial score (nSPS) is 28.3. The Balaban J connectivity index is 2.60. The van der Waals surface area contributed by atoms with E-state index in [4.69, 9.17) is 5.11 Å². The molecule has 0 spiro atoms. The van der Waals surface area contributed by atoms with Gasteiger partial charge in [-0.25, -0.2) is 0 Å². The maximum atomic E-state index is 10.7. The van der Waals surface area contributed by atoms with Gasteiger partial charge in [0, 0.05) is 6.54 Å². The zero-order valence-electron chi connectivity index (χ0n) is 7.23. The Hall–Kier alpha value is -0.610. The summed E-state index contributed by atoms with van der Waals surface area (Å²) in [6.45, 7) is 2.30.